The smallest absolute Gasteiger partial charge is 0.234 e. The van der Waals surface area contributed by atoms with Gasteiger partial charge in [-0.2, -0.15) is 0 Å². The third-order valence-corrected chi connectivity index (χ3v) is 11.6. The molecule has 0 amide bonds. The average molecular weight is 675 g/mol. The highest BCUT2D eigenvalue weighted by molar-refractivity contribution is 8.00. The summed E-state index contributed by atoms with van der Waals surface area (Å²) in [6.07, 6.45) is 8.36. The molecule has 0 radical (unpaired) electrons. The van der Waals surface area contributed by atoms with Crippen LogP contribution in [0.3, 0.4) is 0 Å². The highest BCUT2D eigenvalue weighted by Crippen LogP contribution is 2.62. The van der Waals surface area contributed by atoms with Gasteiger partial charge in [0.1, 0.15) is 0 Å². The lowest BCUT2D eigenvalue weighted by Gasteiger charge is -2.33. The molecule has 7 heteroatoms. The van der Waals surface area contributed by atoms with Gasteiger partial charge < -0.3 is 0 Å². The van der Waals surface area contributed by atoms with Crippen molar-refractivity contribution in [3.05, 3.63) is 169 Å². The highest BCUT2D eigenvalue weighted by Gasteiger charge is 2.47. The predicted octanol–water partition coefficient (Wildman–Crippen LogP) is 10.4. The summed E-state index contributed by atoms with van der Waals surface area (Å²) >= 11 is 1.93. The summed E-state index contributed by atoms with van der Waals surface area (Å²) in [5.74, 6) is 2.33. The zero-order valence-electron chi connectivity index (χ0n) is 27.7. The summed E-state index contributed by atoms with van der Waals surface area (Å²) in [4.78, 5) is 26.3. The van der Waals surface area contributed by atoms with Gasteiger partial charge in [-0.05, 0) is 34.9 Å². The Labute approximate surface area is 299 Å². The van der Waals surface area contributed by atoms with Crippen molar-refractivity contribution < 1.29 is 0 Å². The molecule has 1 aliphatic carbocycles. The molecule has 8 aromatic rings. The second kappa shape index (κ2) is 11.7. The first-order valence-electron chi connectivity index (χ1n) is 17.0. The molecule has 0 spiro atoms. The molecule has 0 bridgehead atoms. The van der Waals surface area contributed by atoms with Crippen LogP contribution in [0, 0.1) is 0 Å². The lowest BCUT2D eigenvalue weighted by atomic mass is 9.74. The monoisotopic (exact) mass is 674 g/mol. The number of nitrogens with zero attached hydrogens (tertiary/aromatic N) is 6. The molecule has 242 valence electrons. The number of fused-ring (bicyclic) bond motifs is 7. The van der Waals surface area contributed by atoms with E-state index in [0.29, 0.717) is 23.4 Å². The first-order chi connectivity index (χ1) is 25.1. The molecule has 3 aromatic heterocycles. The molecule has 10 rings (SSSR count). The fraction of sp³-hybridized carbons (Fsp3) is 0.0682. The fourth-order valence-corrected chi connectivity index (χ4v) is 9.10. The summed E-state index contributed by atoms with van der Waals surface area (Å²) in [6, 6.07) is 46.0. The Morgan fingerprint density at radius 3 is 1.98 bits per heavy atom. The number of allylic oxidation sites excluding steroid dienone is 1. The molecular formula is C44H30N6S. The Kier molecular flexibility index (Phi) is 6.82. The van der Waals surface area contributed by atoms with Crippen molar-refractivity contribution in [2.45, 2.75) is 22.5 Å². The third-order valence-electron chi connectivity index (χ3n) is 10.0. The fourth-order valence-electron chi connectivity index (χ4n) is 7.48. The van der Waals surface area contributed by atoms with E-state index in [2.05, 4.69) is 96.4 Å². The van der Waals surface area contributed by atoms with E-state index >= 15 is 0 Å². The Hall–Kier alpha value is -6.18. The van der Waals surface area contributed by atoms with E-state index in [1.165, 1.54) is 27.1 Å². The van der Waals surface area contributed by atoms with Gasteiger partial charge >= 0.3 is 0 Å². The van der Waals surface area contributed by atoms with Crippen LogP contribution in [0.1, 0.15) is 29.0 Å². The van der Waals surface area contributed by atoms with Crippen LogP contribution in [0.2, 0.25) is 0 Å². The van der Waals surface area contributed by atoms with Crippen molar-refractivity contribution in [1.82, 2.24) is 29.5 Å². The highest BCUT2D eigenvalue weighted by atomic mass is 32.2. The van der Waals surface area contributed by atoms with Gasteiger partial charge in [-0.15, -0.1) is 11.8 Å². The molecular weight excluding hydrogens is 645 g/mol. The average Bonchev–Trinajstić information content (AvgIpc) is 3.70. The predicted molar refractivity (Wildman–Crippen MR) is 205 cm³/mol. The molecule has 0 N–H and O–H groups in total. The Balaban J connectivity index is 1.09. The van der Waals surface area contributed by atoms with E-state index in [0.717, 1.165) is 33.3 Å². The number of thioether (sulfide) groups is 1. The zero-order chi connectivity index (χ0) is 33.9. The van der Waals surface area contributed by atoms with Gasteiger partial charge in [-0.3, -0.25) is 4.57 Å². The van der Waals surface area contributed by atoms with Crippen molar-refractivity contribution in [2.75, 3.05) is 0 Å². The van der Waals surface area contributed by atoms with E-state index in [1.54, 1.807) is 0 Å². The number of para-hydroxylation sites is 1. The maximum atomic E-state index is 5.02. The number of hydrogen-bond acceptors (Lipinski definition) is 6. The van der Waals surface area contributed by atoms with Crippen LogP contribution in [0.15, 0.2) is 157 Å². The standard InChI is InChI=1S/C44H30N6S/c1-44-24-23-34-33-19-8-10-21-36(33)50(38(34)39(44)51-37-22-11-9-20-35(37)44)43-45-26-32(27-46-43)42-48-40(29-15-6-3-7-16-29)47-41(49-42)31-18-12-17-30(25-31)28-13-4-2-5-14-28/h2-27,39H,1H3. The lowest BCUT2D eigenvalue weighted by Crippen LogP contribution is -2.27. The number of benzene rings is 5. The number of aromatic nitrogens is 6. The topological polar surface area (TPSA) is 69.4 Å². The van der Waals surface area contributed by atoms with E-state index in [9.17, 15) is 0 Å². The Morgan fingerprint density at radius 1 is 0.588 bits per heavy atom. The van der Waals surface area contributed by atoms with Crippen molar-refractivity contribution in [3.8, 4) is 51.2 Å². The van der Waals surface area contributed by atoms with Crippen LogP contribution in [-0.2, 0) is 5.41 Å². The molecule has 2 aliphatic rings. The molecule has 51 heavy (non-hydrogen) atoms. The normalized spacial score (nSPS) is 17.2. The quantitative estimate of drug-likeness (QED) is 0.181. The van der Waals surface area contributed by atoms with Crippen LogP contribution in [0.5, 0.6) is 0 Å². The summed E-state index contributed by atoms with van der Waals surface area (Å²) in [5.41, 5.74) is 9.54. The molecule has 0 saturated carbocycles. The van der Waals surface area contributed by atoms with E-state index < -0.39 is 0 Å². The molecule has 6 nitrogen and oxygen atoms in total. The minimum absolute atomic E-state index is 0.146. The van der Waals surface area contributed by atoms with Crippen LogP contribution in [0.25, 0.3) is 68.2 Å². The first kappa shape index (κ1) is 29.7. The van der Waals surface area contributed by atoms with Crippen LogP contribution >= 0.6 is 11.8 Å². The van der Waals surface area contributed by atoms with Gasteiger partial charge in [-0.1, -0.05) is 134 Å². The molecule has 4 heterocycles. The van der Waals surface area contributed by atoms with Crippen molar-refractivity contribution in [2.24, 2.45) is 0 Å². The maximum Gasteiger partial charge on any atom is 0.234 e. The van der Waals surface area contributed by atoms with E-state index in [1.807, 2.05) is 84.8 Å². The second-order valence-corrected chi connectivity index (χ2v) is 14.3. The van der Waals surface area contributed by atoms with Crippen molar-refractivity contribution >= 4 is 28.7 Å². The maximum absolute atomic E-state index is 5.02. The van der Waals surface area contributed by atoms with Gasteiger partial charge in [0.2, 0.25) is 5.95 Å². The summed E-state index contributed by atoms with van der Waals surface area (Å²) < 4.78 is 2.25. The number of rotatable bonds is 5. The van der Waals surface area contributed by atoms with Gasteiger partial charge in [-0.25, -0.2) is 24.9 Å². The van der Waals surface area contributed by atoms with Crippen LogP contribution < -0.4 is 0 Å². The van der Waals surface area contributed by atoms with Gasteiger partial charge in [0, 0.05) is 50.5 Å². The first-order valence-corrected chi connectivity index (χ1v) is 17.9. The Bertz CT molecular complexity index is 2630. The second-order valence-electron chi connectivity index (χ2n) is 13.2. The van der Waals surface area contributed by atoms with Crippen molar-refractivity contribution in [3.63, 3.8) is 0 Å². The Morgan fingerprint density at radius 2 is 1.20 bits per heavy atom. The minimum atomic E-state index is -0.146. The molecule has 0 saturated heterocycles. The zero-order valence-corrected chi connectivity index (χ0v) is 28.5. The summed E-state index contributed by atoms with van der Waals surface area (Å²) in [5, 5.41) is 1.37. The minimum Gasteiger partial charge on any atom is -0.281 e. The molecule has 5 aromatic carbocycles. The van der Waals surface area contributed by atoms with E-state index in [4.69, 9.17) is 24.9 Å². The van der Waals surface area contributed by atoms with E-state index in [-0.39, 0.29) is 10.7 Å². The van der Waals surface area contributed by atoms with Gasteiger partial charge in [0.05, 0.1) is 16.3 Å². The molecule has 2 atom stereocenters. The molecule has 1 aliphatic heterocycles. The lowest BCUT2D eigenvalue weighted by molar-refractivity contribution is 0.566. The SMILES string of the molecule is CC12C=Cc3c(n(-c4ncc(-c5nc(-c6ccccc6)nc(-c6cccc(-c7ccccc7)c6)n5)cn4)c4ccccc34)C1Sc1ccccc12. The van der Waals surface area contributed by atoms with Crippen molar-refractivity contribution in [1.29, 1.82) is 0 Å². The largest absolute Gasteiger partial charge is 0.281 e. The molecule has 2 unspecified atom stereocenters. The summed E-state index contributed by atoms with van der Waals surface area (Å²) in [7, 11) is 0. The van der Waals surface area contributed by atoms with Crippen LogP contribution in [0.4, 0.5) is 0 Å². The summed E-state index contributed by atoms with van der Waals surface area (Å²) in [6.45, 7) is 2.35. The van der Waals surface area contributed by atoms with Gasteiger partial charge in [0.15, 0.2) is 17.5 Å². The molecule has 0 fully saturated rings. The van der Waals surface area contributed by atoms with Crippen LogP contribution in [-0.4, -0.2) is 29.5 Å². The van der Waals surface area contributed by atoms with Gasteiger partial charge in [0.25, 0.3) is 0 Å². The third kappa shape index (κ3) is 4.84. The number of hydrogen-bond donors (Lipinski definition) is 0.